The molecule has 0 spiro atoms. The normalized spacial score (nSPS) is 39.5. The topological polar surface area (TPSA) is 0 Å². The van der Waals surface area contributed by atoms with E-state index in [0.717, 1.165) is 6.42 Å². The SMILES string of the molecule is CC1CCC(C(F)(F)F)C1C. The van der Waals surface area contributed by atoms with Crippen LogP contribution in [-0.4, -0.2) is 6.18 Å². The van der Waals surface area contributed by atoms with Gasteiger partial charge in [-0.2, -0.15) is 13.2 Å². The lowest BCUT2D eigenvalue weighted by Gasteiger charge is -2.20. The predicted octanol–water partition coefficient (Wildman–Crippen LogP) is 3.23. The molecule has 0 aromatic heterocycles. The molecule has 0 bridgehead atoms. The molecule has 1 aliphatic carbocycles. The van der Waals surface area contributed by atoms with E-state index in [2.05, 4.69) is 0 Å². The van der Waals surface area contributed by atoms with Crippen LogP contribution in [0, 0.1) is 17.8 Å². The Kier molecular flexibility index (Phi) is 2.17. The lowest BCUT2D eigenvalue weighted by atomic mass is 9.92. The van der Waals surface area contributed by atoms with Crippen molar-refractivity contribution in [2.24, 2.45) is 17.8 Å². The summed E-state index contributed by atoms with van der Waals surface area (Å²) in [4.78, 5) is 0. The van der Waals surface area contributed by atoms with Gasteiger partial charge in [0.15, 0.2) is 0 Å². The molecule has 1 saturated carbocycles. The Balaban J connectivity index is 2.62. The largest absolute Gasteiger partial charge is 0.392 e. The van der Waals surface area contributed by atoms with Gasteiger partial charge < -0.3 is 0 Å². The van der Waals surface area contributed by atoms with Crippen molar-refractivity contribution in [3.63, 3.8) is 0 Å². The standard InChI is InChI=1S/C8H13F3/c1-5-3-4-7(6(5)2)8(9,10)11/h5-7H,3-4H2,1-2H3. The van der Waals surface area contributed by atoms with E-state index in [-0.39, 0.29) is 11.8 Å². The summed E-state index contributed by atoms with van der Waals surface area (Å²) in [6.07, 6.45) is -2.92. The van der Waals surface area contributed by atoms with E-state index < -0.39 is 12.1 Å². The highest BCUT2D eigenvalue weighted by molar-refractivity contribution is 4.83. The second-order valence-corrected chi connectivity index (χ2v) is 3.56. The maximum atomic E-state index is 12.2. The molecule has 66 valence electrons. The van der Waals surface area contributed by atoms with Gasteiger partial charge in [0.2, 0.25) is 0 Å². The van der Waals surface area contributed by atoms with Crippen molar-refractivity contribution >= 4 is 0 Å². The molecular weight excluding hydrogens is 153 g/mol. The summed E-state index contributed by atoms with van der Waals surface area (Å²) in [5.41, 5.74) is 0. The minimum Gasteiger partial charge on any atom is -0.171 e. The maximum absolute atomic E-state index is 12.2. The zero-order valence-corrected chi connectivity index (χ0v) is 6.78. The van der Waals surface area contributed by atoms with Crippen LogP contribution < -0.4 is 0 Å². The van der Waals surface area contributed by atoms with Crippen molar-refractivity contribution in [1.29, 1.82) is 0 Å². The maximum Gasteiger partial charge on any atom is 0.392 e. The molecule has 0 heterocycles. The number of alkyl halides is 3. The summed E-state index contributed by atoms with van der Waals surface area (Å²) < 4.78 is 36.6. The van der Waals surface area contributed by atoms with Crippen molar-refractivity contribution in [2.75, 3.05) is 0 Å². The smallest absolute Gasteiger partial charge is 0.171 e. The second kappa shape index (κ2) is 2.68. The summed E-state index contributed by atoms with van der Waals surface area (Å²) in [5, 5.41) is 0. The zero-order chi connectivity index (χ0) is 8.65. The van der Waals surface area contributed by atoms with E-state index in [4.69, 9.17) is 0 Å². The fourth-order valence-electron chi connectivity index (χ4n) is 1.83. The van der Waals surface area contributed by atoms with Gasteiger partial charge in [-0.15, -0.1) is 0 Å². The summed E-state index contributed by atoms with van der Waals surface area (Å²) >= 11 is 0. The van der Waals surface area contributed by atoms with Gasteiger partial charge in [0, 0.05) is 0 Å². The summed E-state index contributed by atoms with van der Waals surface area (Å²) in [6.45, 7) is 3.60. The molecule has 0 aromatic rings. The zero-order valence-electron chi connectivity index (χ0n) is 6.78. The highest BCUT2D eigenvalue weighted by atomic mass is 19.4. The summed E-state index contributed by atoms with van der Waals surface area (Å²) in [6, 6.07) is 0. The molecule has 3 unspecified atom stereocenters. The van der Waals surface area contributed by atoms with Crippen LogP contribution in [0.4, 0.5) is 13.2 Å². The Bertz CT molecular complexity index is 139. The first-order chi connectivity index (χ1) is 4.93. The third kappa shape index (κ3) is 1.68. The van der Waals surface area contributed by atoms with Gasteiger partial charge in [-0.3, -0.25) is 0 Å². The fraction of sp³-hybridized carbons (Fsp3) is 1.00. The molecule has 3 atom stereocenters. The van der Waals surface area contributed by atoms with Crippen LogP contribution in [0.2, 0.25) is 0 Å². The van der Waals surface area contributed by atoms with Crippen LogP contribution in [0.15, 0.2) is 0 Å². The molecule has 0 saturated heterocycles. The van der Waals surface area contributed by atoms with Crippen molar-refractivity contribution in [2.45, 2.75) is 32.9 Å². The van der Waals surface area contributed by atoms with Crippen molar-refractivity contribution in [3.8, 4) is 0 Å². The minimum atomic E-state index is -3.97. The van der Waals surface area contributed by atoms with Crippen LogP contribution in [-0.2, 0) is 0 Å². The Hall–Kier alpha value is -0.210. The minimum absolute atomic E-state index is 0.185. The third-order valence-electron chi connectivity index (χ3n) is 2.89. The molecule has 0 amide bonds. The van der Waals surface area contributed by atoms with Crippen LogP contribution in [0.25, 0.3) is 0 Å². The van der Waals surface area contributed by atoms with Gasteiger partial charge in [-0.05, 0) is 24.7 Å². The third-order valence-corrected chi connectivity index (χ3v) is 2.89. The first-order valence-electron chi connectivity index (χ1n) is 3.99. The Morgan fingerprint density at radius 1 is 1.09 bits per heavy atom. The quantitative estimate of drug-likeness (QED) is 0.518. The van der Waals surface area contributed by atoms with E-state index >= 15 is 0 Å². The Morgan fingerprint density at radius 3 is 1.82 bits per heavy atom. The molecule has 1 fully saturated rings. The first-order valence-corrected chi connectivity index (χ1v) is 3.99. The fourth-order valence-corrected chi connectivity index (χ4v) is 1.83. The second-order valence-electron chi connectivity index (χ2n) is 3.56. The van der Waals surface area contributed by atoms with E-state index in [1.54, 1.807) is 6.92 Å². The van der Waals surface area contributed by atoms with Crippen LogP contribution in [0.3, 0.4) is 0 Å². The lowest BCUT2D eigenvalue weighted by Crippen LogP contribution is -2.26. The Labute approximate surface area is 64.8 Å². The van der Waals surface area contributed by atoms with E-state index in [9.17, 15) is 13.2 Å². The highest BCUT2D eigenvalue weighted by Crippen LogP contribution is 2.45. The monoisotopic (exact) mass is 166 g/mol. The van der Waals surface area contributed by atoms with Crippen LogP contribution in [0.1, 0.15) is 26.7 Å². The van der Waals surface area contributed by atoms with Gasteiger partial charge in [-0.1, -0.05) is 13.8 Å². The molecule has 11 heavy (non-hydrogen) atoms. The van der Waals surface area contributed by atoms with Crippen LogP contribution in [0.5, 0.6) is 0 Å². The van der Waals surface area contributed by atoms with Gasteiger partial charge in [0.1, 0.15) is 0 Å². The van der Waals surface area contributed by atoms with E-state index in [1.807, 2.05) is 6.92 Å². The molecule has 0 radical (unpaired) electrons. The predicted molar refractivity (Wildman–Crippen MR) is 37.1 cm³/mol. The molecule has 0 aliphatic heterocycles. The molecule has 1 aliphatic rings. The highest BCUT2D eigenvalue weighted by Gasteiger charge is 2.47. The average Bonchev–Trinajstić information content (AvgIpc) is 2.11. The Morgan fingerprint density at radius 2 is 1.64 bits per heavy atom. The number of hydrogen-bond acceptors (Lipinski definition) is 0. The molecule has 0 aromatic carbocycles. The summed E-state index contributed by atoms with van der Waals surface area (Å²) in [5.74, 6) is -0.992. The van der Waals surface area contributed by atoms with Crippen molar-refractivity contribution in [3.05, 3.63) is 0 Å². The lowest BCUT2D eigenvalue weighted by molar-refractivity contribution is -0.183. The van der Waals surface area contributed by atoms with Crippen LogP contribution >= 0.6 is 0 Å². The van der Waals surface area contributed by atoms with Gasteiger partial charge in [-0.25, -0.2) is 0 Å². The molecule has 3 heteroatoms. The number of rotatable bonds is 0. The van der Waals surface area contributed by atoms with Crippen molar-refractivity contribution < 1.29 is 13.2 Å². The molecule has 0 N–H and O–H groups in total. The van der Waals surface area contributed by atoms with Gasteiger partial charge in [0.05, 0.1) is 5.92 Å². The van der Waals surface area contributed by atoms with Gasteiger partial charge >= 0.3 is 6.18 Å². The molecule has 0 nitrogen and oxygen atoms in total. The molecule has 1 rings (SSSR count). The number of hydrogen-bond donors (Lipinski definition) is 0. The molecular formula is C8H13F3. The average molecular weight is 166 g/mol. The number of halogens is 3. The summed E-state index contributed by atoms with van der Waals surface area (Å²) in [7, 11) is 0. The van der Waals surface area contributed by atoms with Gasteiger partial charge in [0.25, 0.3) is 0 Å². The first kappa shape index (κ1) is 8.88. The van der Waals surface area contributed by atoms with Crippen molar-refractivity contribution in [1.82, 2.24) is 0 Å². The van der Waals surface area contributed by atoms with E-state index in [0.29, 0.717) is 6.42 Å². The van der Waals surface area contributed by atoms with E-state index in [1.165, 1.54) is 0 Å².